The third-order valence-corrected chi connectivity index (χ3v) is 3.75. The van der Waals surface area contributed by atoms with Gasteiger partial charge in [0, 0.05) is 5.56 Å². The van der Waals surface area contributed by atoms with E-state index in [-0.39, 0.29) is 32.0 Å². The summed E-state index contributed by atoms with van der Waals surface area (Å²) < 4.78 is 42.5. The van der Waals surface area contributed by atoms with Gasteiger partial charge in [0.25, 0.3) is 0 Å². The zero-order chi connectivity index (χ0) is 17.4. The second-order valence-electron chi connectivity index (χ2n) is 4.33. The number of aromatic nitrogens is 1. The number of hydrogen-bond donors (Lipinski definition) is 0. The van der Waals surface area contributed by atoms with Gasteiger partial charge in [-0.05, 0) is 18.2 Å². The molecular weight excluding hydrogens is 378 g/mol. The highest BCUT2D eigenvalue weighted by Gasteiger charge is 2.31. The molecule has 9 heteroatoms. The van der Waals surface area contributed by atoms with Crippen molar-refractivity contribution in [3.05, 3.63) is 50.6 Å². The zero-order valence-electron chi connectivity index (χ0n) is 11.3. The van der Waals surface area contributed by atoms with Crippen molar-refractivity contribution < 1.29 is 22.7 Å². The van der Waals surface area contributed by atoms with Crippen molar-refractivity contribution in [3.8, 4) is 11.3 Å². The van der Waals surface area contributed by atoms with E-state index in [1.807, 2.05) is 0 Å². The van der Waals surface area contributed by atoms with Gasteiger partial charge >= 0.3 is 12.1 Å². The first-order valence-corrected chi connectivity index (χ1v) is 7.10. The van der Waals surface area contributed by atoms with Gasteiger partial charge in [0.2, 0.25) is 0 Å². The molecule has 1 aromatic carbocycles. The number of hydrogen-bond acceptors (Lipinski definition) is 3. The van der Waals surface area contributed by atoms with Crippen molar-refractivity contribution in [2.24, 2.45) is 0 Å². The maximum Gasteiger partial charge on any atom is 0.416 e. The van der Waals surface area contributed by atoms with E-state index >= 15 is 0 Å². The van der Waals surface area contributed by atoms with Crippen LogP contribution in [0, 0.1) is 0 Å². The van der Waals surface area contributed by atoms with Gasteiger partial charge in [-0.1, -0.05) is 40.9 Å². The van der Waals surface area contributed by atoms with Crippen LogP contribution in [0.4, 0.5) is 13.2 Å². The van der Waals surface area contributed by atoms with Crippen LogP contribution in [0.5, 0.6) is 0 Å². The lowest BCUT2D eigenvalue weighted by atomic mass is 10.1. The highest BCUT2D eigenvalue weighted by Crippen LogP contribution is 2.38. The SMILES string of the molecule is COC(=O)c1nc(-c2ccc(C(F)(F)F)cc2Cl)c(Cl)cc1Cl. The summed E-state index contributed by atoms with van der Waals surface area (Å²) >= 11 is 17.8. The summed E-state index contributed by atoms with van der Waals surface area (Å²) in [5.41, 5.74) is -0.976. The Labute approximate surface area is 143 Å². The predicted octanol–water partition coefficient (Wildman–Crippen LogP) is 5.51. The first-order chi connectivity index (χ1) is 10.6. The molecule has 2 aromatic rings. The molecule has 0 amide bonds. The Kier molecular flexibility index (Phi) is 5.08. The molecule has 1 aromatic heterocycles. The van der Waals surface area contributed by atoms with Crippen molar-refractivity contribution >= 4 is 40.8 Å². The average molecular weight is 385 g/mol. The Morgan fingerprint density at radius 3 is 2.26 bits per heavy atom. The molecule has 122 valence electrons. The van der Waals surface area contributed by atoms with Crippen molar-refractivity contribution in [3.63, 3.8) is 0 Å². The monoisotopic (exact) mass is 383 g/mol. The smallest absolute Gasteiger partial charge is 0.416 e. The van der Waals surface area contributed by atoms with Crippen molar-refractivity contribution in [1.82, 2.24) is 4.98 Å². The molecule has 0 fully saturated rings. The summed E-state index contributed by atoms with van der Waals surface area (Å²) in [5.74, 6) is -0.809. The lowest BCUT2D eigenvalue weighted by Crippen LogP contribution is -2.07. The van der Waals surface area contributed by atoms with E-state index in [1.165, 1.54) is 6.07 Å². The van der Waals surface area contributed by atoms with Crippen molar-refractivity contribution in [2.45, 2.75) is 6.18 Å². The Morgan fingerprint density at radius 1 is 1.09 bits per heavy atom. The summed E-state index contributed by atoms with van der Waals surface area (Å²) in [6, 6.07) is 3.95. The number of carbonyl (C=O) groups is 1. The summed E-state index contributed by atoms with van der Waals surface area (Å²) in [6.07, 6.45) is -4.53. The number of alkyl halides is 3. The lowest BCUT2D eigenvalue weighted by Gasteiger charge is -2.12. The van der Waals surface area contributed by atoms with E-state index < -0.39 is 17.7 Å². The topological polar surface area (TPSA) is 39.2 Å². The molecule has 0 aliphatic carbocycles. The molecule has 0 radical (unpaired) electrons. The maximum atomic E-state index is 12.7. The van der Waals surface area contributed by atoms with Gasteiger partial charge in [-0.25, -0.2) is 9.78 Å². The minimum Gasteiger partial charge on any atom is -0.464 e. The number of esters is 1. The molecule has 0 spiro atoms. The fourth-order valence-corrected chi connectivity index (χ4v) is 2.59. The van der Waals surface area contributed by atoms with Gasteiger partial charge in [-0.3, -0.25) is 0 Å². The van der Waals surface area contributed by atoms with Crippen LogP contribution in [0.2, 0.25) is 15.1 Å². The first kappa shape index (κ1) is 17.8. The van der Waals surface area contributed by atoms with Crippen LogP contribution in [0.25, 0.3) is 11.3 Å². The van der Waals surface area contributed by atoms with E-state index in [2.05, 4.69) is 9.72 Å². The van der Waals surface area contributed by atoms with Crippen LogP contribution in [-0.4, -0.2) is 18.1 Å². The zero-order valence-corrected chi connectivity index (χ0v) is 13.6. The summed E-state index contributed by atoms with van der Waals surface area (Å²) in [6.45, 7) is 0. The van der Waals surface area contributed by atoms with Crippen LogP contribution in [0.3, 0.4) is 0 Å². The Hall–Kier alpha value is -1.50. The van der Waals surface area contributed by atoms with Crippen LogP contribution >= 0.6 is 34.8 Å². The average Bonchev–Trinajstić information content (AvgIpc) is 2.46. The Morgan fingerprint density at radius 2 is 1.74 bits per heavy atom. The molecule has 0 N–H and O–H groups in total. The van der Waals surface area contributed by atoms with Gasteiger partial charge in [0.15, 0.2) is 5.69 Å². The second kappa shape index (κ2) is 6.55. The quantitative estimate of drug-likeness (QED) is 0.641. The van der Waals surface area contributed by atoms with Crippen LogP contribution < -0.4 is 0 Å². The fraction of sp³-hybridized carbons (Fsp3) is 0.143. The summed E-state index contributed by atoms with van der Waals surface area (Å²) in [5, 5.41) is -0.231. The molecule has 0 bridgehead atoms. The first-order valence-electron chi connectivity index (χ1n) is 5.96. The molecule has 0 unspecified atom stereocenters. The highest BCUT2D eigenvalue weighted by molar-refractivity contribution is 6.38. The maximum absolute atomic E-state index is 12.7. The minimum atomic E-state index is -4.53. The molecule has 3 nitrogen and oxygen atoms in total. The van der Waals surface area contributed by atoms with E-state index in [9.17, 15) is 18.0 Å². The number of carbonyl (C=O) groups excluding carboxylic acids is 1. The Bertz CT molecular complexity index is 779. The lowest BCUT2D eigenvalue weighted by molar-refractivity contribution is -0.137. The molecule has 23 heavy (non-hydrogen) atoms. The van der Waals surface area contributed by atoms with Crippen molar-refractivity contribution in [1.29, 1.82) is 0 Å². The Balaban J connectivity index is 2.61. The molecular formula is C14H7Cl3F3NO2. The van der Waals surface area contributed by atoms with Crippen molar-refractivity contribution in [2.75, 3.05) is 7.11 Å². The van der Waals surface area contributed by atoms with E-state index in [1.54, 1.807) is 0 Å². The molecule has 0 atom stereocenters. The third-order valence-electron chi connectivity index (χ3n) is 2.86. The number of benzene rings is 1. The summed E-state index contributed by atoms with van der Waals surface area (Å²) in [4.78, 5) is 15.6. The molecule has 0 aliphatic rings. The minimum absolute atomic E-state index is 0.0233. The number of ether oxygens (including phenoxy) is 1. The number of rotatable bonds is 2. The van der Waals surface area contributed by atoms with Gasteiger partial charge in [-0.15, -0.1) is 0 Å². The largest absolute Gasteiger partial charge is 0.464 e. The number of nitrogens with zero attached hydrogens (tertiary/aromatic N) is 1. The van der Waals surface area contributed by atoms with Crippen LogP contribution in [-0.2, 0) is 10.9 Å². The molecule has 0 saturated carbocycles. The predicted molar refractivity (Wildman–Crippen MR) is 81.0 cm³/mol. The molecule has 0 saturated heterocycles. The fourth-order valence-electron chi connectivity index (χ4n) is 1.78. The van der Waals surface area contributed by atoms with E-state index in [0.717, 1.165) is 25.3 Å². The molecule has 1 heterocycles. The van der Waals surface area contributed by atoms with Gasteiger partial charge in [-0.2, -0.15) is 13.2 Å². The molecule has 2 rings (SSSR count). The molecule has 0 aliphatic heterocycles. The van der Waals surface area contributed by atoms with Crippen LogP contribution in [0.1, 0.15) is 16.1 Å². The van der Waals surface area contributed by atoms with Crippen LogP contribution in [0.15, 0.2) is 24.3 Å². The normalized spacial score (nSPS) is 11.4. The number of methoxy groups -OCH3 is 1. The van der Waals surface area contributed by atoms with E-state index in [0.29, 0.717) is 0 Å². The second-order valence-corrected chi connectivity index (χ2v) is 5.55. The standard InChI is InChI=1S/C14H7Cl3F3NO2/c1-23-13(22)12-10(17)5-9(16)11(21-12)7-3-2-6(4-8(7)15)14(18,19)20/h2-5H,1H3. The summed E-state index contributed by atoms with van der Waals surface area (Å²) in [7, 11) is 1.14. The third kappa shape index (κ3) is 3.71. The highest BCUT2D eigenvalue weighted by atomic mass is 35.5. The van der Waals surface area contributed by atoms with Gasteiger partial charge in [0.1, 0.15) is 0 Å². The van der Waals surface area contributed by atoms with E-state index in [4.69, 9.17) is 34.8 Å². The number of pyridine rings is 1. The van der Waals surface area contributed by atoms with Gasteiger partial charge in [0.05, 0.1) is 33.4 Å². The van der Waals surface area contributed by atoms with Gasteiger partial charge < -0.3 is 4.74 Å². The number of halogens is 6.